The third-order valence-corrected chi connectivity index (χ3v) is 4.85. The minimum atomic E-state index is -0.270. The molecule has 2 aromatic heterocycles. The van der Waals surface area contributed by atoms with Gasteiger partial charge in [0.25, 0.3) is 0 Å². The Morgan fingerprint density at radius 1 is 1.00 bits per heavy atom. The minimum absolute atomic E-state index is 0.0928. The second-order valence-corrected chi connectivity index (χ2v) is 6.97. The van der Waals surface area contributed by atoms with Crippen molar-refractivity contribution in [1.82, 2.24) is 14.9 Å². The van der Waals surface area contributed by atoms with Gasteiger partial charge in [-0.05, 0) is 59.9 Å². The predicted molar refractivity (Wildman–Crippen MR) is 108 cm³/mol. The fourth-order valence-electron chi connectivity index (χ4n) is 3.02. The van der Waals surface area contributed by atoms with Gasteiger partial charge < -0.3 is 4.90 Å². The first-order valence-electron chi connectivity index (χ1n) is 8.92. The Hall–Kier alpha value is -2.72. The van der Waals surface area contributed by atoms with Gasteiger partial charge in [0.2, 0.25) is 5.91 Å². The molecule has 0 radical (unpaired) electrons. The SMILES string of the molecule is CN(CCc1ccncc1)C(=O)C(Cc1cccnc1)c1ccc(Cl)cc1. The van der Waals surface area contributed by atoms with Crippen molar-refractivity contribution in [3.8, 4) is 0 Å². The first-order chi connectivity index (χ1) is 13.1. The Balaban J connectivity index is 1.76. The molecule has 3 rings (SSSR count). The van der Waals surface area contributed by atoms with Crippen LogP contribution in [0.5, 0.6) is 0 Å². The van der Waals surface area contributed by atoms with E-state index in [1.54, 1.807) is 23.5 Å². The summed E-state index contributed by atoms with van der Waals surface area (Å²) < 4.78 is 0. The lowest BCUT2D eigenvalue weighted by Gasteiger charge is -2.24. The van der Waals surface area contributed by atoms with E-state index < -0.39 is 0 Å². The maximum Gasteiger partial charge on any atom is 0.230 e. The molecule has 27 heavy (non-hydrogen) atoms. The molecule has 1 unspecified atom stereocenters. The molecule has 3 aromatic rings. The lowest BCUT2D eigenvalue weighted by Crippen LogP contribution is -2.34. The summed E-state index contributed by atoms with van der Waals surface area (Å²) in [4.78, 5) is 23.2. The van der Waals surface area contributed by atoms with Gasteiger partial charge in [0.05, 0.1) is 5.92 Å². The number of halogens is 1. The number of carbonyl (C=O) groups is 1. The van der Waals surface area contributed by atoms with E-state index in [4.69, 9.17) is 11.6 Å². The van der Waals surface area contributed by atoms with Crippen molar-refractivity contribution in [3.05, 3.63) is 95.0 Å². The Kier molecular flexibility index (Phi) is 6.55. The zero-order chi connectivity index (χ0) is 19.1. The summed E-state index contributed by atoms with van der Waals surface area (Å²) in [6.07, 6.45) is 8.50. The molecule has 0 bridgehead atoms. The Bertz CT molecular complexity index is 854. The number of carbonyl (C=O) groups excluding carboxylic acids is 1. The first kappa shape index (κ1) is 19.1. The van der Waals surface area contributed by atoms with Crippen LogP contribution in [-0.4, -0.2) is 34.4 Å². The van der Waals surface area contributed by atoms with E-state index in [0.29, 0.717) is 18.0 Å². The van der Waals surface area contributed by atoms with Crippen LogP contribution in [0.1, 0.15) is 22.6 Å². The van der Waals surface area contributed by atoms with Crippen molar-refractivity contribution in [1.29, 1.82) is 0 Å². The number of pyridine rings is 2. The van der Waals surface area contributed by atoms with Gasteiger partial charge in [-0.2, -0.15) is 0 Å². The largest absolute Gasteiger partial charge is 0.345 e. The molecule has 0 aliphatic rings. The van der Waals surface area contributed by atoms with Gasteiger partial charge in [-0.15, -0.1) is 0 Å². The quantitative estimate of drug-likeness (QED) is 0.619. The number of nitrogens with zero attached hydrogens (tertiary/aromatic N) is 3. The maximum atomic E-state index is 13.2. The fourth-order valence-corrected chi connectivity index (χ4v) is 3.15. The second kappa shape index (κ2) is 9.28. The maximum absolute atomic E-state index is 13.2. The van der Waals surface area contributed by atoms with Crippen LogP contribution in [0.4, 0.5) is 0 Å². The molecule has 4 nitrogen and oxygen atoms in total. The monoisotopic (exact) mass is 379 g/mol. The average Bonchev–Trinajstić information content (AvgIpc) is 2.72. The number of hydrogen-bond donors (Lipinski definition) is 0. The number of benzene rings is 1. The highest BCUT2D eigenvalue weighted by Gasteiger charge is 2.24. The van der Waals surface area contributed by atoms with Crippen LogP contribution in [0, 0.1) is 0 Å². The standard InChI is InChI=1S/C22H22ClN3O/c1-26(14-10-17-8-12-24-13-9-17)22(27)21(15-18-3-2-11-25-16-18)19-4-6-20(23)7-5-19/h2-9,11-13,16,21H,10,14-15H2,1H3. The normalized spacial score (nSPS) is 11.8. The van der Waals surface area contributed by atoms with E-state index in [9.17, 15) is 4.79 Å². The lowest BCUT2D eigenvalue weighted by molar-refractivity contribution is -0.131. The van der Waals surface area contributed by atoms with Gasteiger partial charge in [-0.3, -0.25) is 14.8 Å². The zero-order valence-corrected chi connectivity index (χ0v) is 16.0. The predicted octanol–water partition coefficient (Wildman–Crippen LogP) is 4.16. The fraction of sp³-hybridized carbons (Fsp3) is 0.227. The average molecular weight is 380 g/mol. The van der Waals surface area contributed by atoms with Crippen LogP contribution in [0.15, 0.2) is 73.3 Å². The third-order valence-electron chi connectivity index (χ3n) is 4.59. The van der Waals surface area contributed by atoms with Crippen LogP contribution >= 0.6 is 11.6 Å². The highest BCUT2D eigenvalue weighted by atomic mass is 35.5. The highest BCUT2D eigenvalue weighted by molar-refractivity contribution is 6.30. The summed E-state index contributed by atoms with van der Waals surface area (Å²) >= 11 is 6.03. The summed E-state index contributed by atoms with van der Waals surface area (Å²) in [5, 5.41) is 0.664. The Morgan fingerprint density at radius 3 is 2.41 bits per heavy atom. The molecule has 2 heterocycles. The van der Waals surface area contributed by atoms with Crippen molar-refractivity contribution in [2.24, 2.45) is 0 Å². The van der Waals surface area contributed by atoms with Crippen LogP contribution in [0.3, 0.4) is 0 Å². The van der Waals surface area contributed by atoms with Gasteiger partial charge >= 0.3 is 0 Å². The van der Waals surface area contributed by atoms with Gasteiger partial charge in [-0.25, -0.2) is 0 Å². The Labute approximate surface area is 164 Å². The molecule has 0 N–H and O–H groups in total. The molecule has 138 valence electrons. The summed E-state index contributed by atoms with van der Waals surface area (Å²) in [6, 6.07) is 15.4. The lowest BCUT2D eigenvalue weighted by atomic mass is 9.91. The highest BCUT2D eigenvalue weighted by Crippen LogP contribution is 2.24. The molecule has 0 spiro atoms. The van der Waals surface area contributed by atoms with Crippen molar-refractivity contribution >= 4 is 17.5 Å². The van der Waals surface area contributed by atoms with Crippen LogP contribution in [0.2, 0.25) is 5.02 Å². The van der Waals surface area contributed by atoms with E-state index >= 15 is 0 Å². The number of rotatable bonds is 7. The topological polar surface area (TPSA) is 46.1 Å². The molecule has 0 saturated heterocycles. The molecule has 0 fully saturated rings. The van der Waals surface area contributed by atoms with E-state index in [1.807, 2.05) is 61.8 Å². The molecule has 1 atom stereocenters. The second-order valence-electron chi connectivity index (χ2n) is 6.53. The molecule has 0 aliphatic carbocycles. The third kappa shape index (κ3) is 5.38. The van der Waals surface area contributed by atoms with Crippen LogP contribution < -0.4 is 0 Å². The molecule has 0 aliphatic heterocycles. The van der Waals surface area contributed by atoms with Crippen LogP contribution in [0.25, 0.3) is 0 Å². The number of aromatic nitrogens is 2. The molecular weight excluding hydrogens is 358 g/mol. The summed E-state index contributed by atoms with van der Waals surface area (Å²) in [5.74, 6) is -0.177. The van der Waals surface area contributed by atoms with Crippen molar-refractivity contribution < 1.29 is 4.79 Å². The van der Waals surface area contributed by atoms with E-state index in [-0.39, 0.29) is 11.8 Å². The molecule has 1 amide bonds. The Morgan fingerprint density at radius 2 is 1.74 bits per heavy atom. The van der Waals surface area contributed by atoms with Gasteiger partial charge in [-0.1, -0.05) is 29.8 Å². The number of likely N-dealkylation sites (N-methyl/N-ethyl adjacent to an activating group) is 1. The smallest absolute Gasteiger partial charge is 0.230 e. The molecule has 1 aromatic carbocycles. The first-order valence-corrected chi connectivity index (χ1v) is 9.29. The molecule has 5 heteroatoms. The summed E-state index contributed by atoms with van der Waals surface area (Å²) in [6.45, 7) is 0.653. The number of amides is 1. The summed E-state index contributed by atoms with van der Waals surface area (Å²) in [5.41, 5.74) is 3.16. The summed E-state index contributed by atoms with van der Waals surface area (Å²) in [7, 11) is 1.86. The number of hydrogen-bond acceptors (Lipinski definition) is 3. The molecular formula is C22H22ClN3O. The van der Waals surface area contributed by atoms with Gasteiger partial charge in [0.1, 0.15) is 0 Å². The van der Waals surface area contributed by atoms with Crippen molar-refractivity contribution in [2.45, 2.75) is 18.8 Å². The van der Waals surface area contributed by atoms with E-state index in [0.717, 1.165) is 17.5 Å². The van der Waals surface area contributed by atoms with E-state index in [1.165, 1.54) is 5.56 Å². The zero-order valence-electron chi connectivity index (χ0n) is 15.3. The van der Waals surface area contributed by atoms with Crippen LogP contribution in [-0.2, 0) is 17.6 Å². The molecule has 0 saturated carbocycles. The van der Waals surface area contributed by atoms with Gasteiger partial charge in [0.15, 0.2) is 0 Å². The van der Waals surface area contributed by atoms with Gasteiger partial charge in [0, 0.05) is 43.4 Å². The van der Waals surface area contributed by atoms with Crippen molar-refractivity contribution in [2.75, 3.05) is 13.6 Å². The minimum Gasteiger partial charge on any atom is -0.345 e. The van der Waals surface area contributed by atoms with E-state index in [2.05, 4.69) is 9.97 Å². The van der Waals surface area contributed by atoms with Crippen molar-refractivity contribution in [3.63, 3.8) is 0 Å².